The van der Waals surface area contributed by atoms with Gasteiger partial charge in [-0.1, -0.05) is 23.8 Å². The minimum absolute atomic E-state index is 0.271. The molecule has 0 aromatic heterocycles. The molecular weight excluding hydrogens is 152 g/mol. The van der Waals surface area contributed by atoms with Gasteiger partial charge in [0, 0.05) is 5.92 Å². The second kappa shape index (κ2) is 3.42. The first-order valence-electron chi connectivity index (χ1n) is 4.23. The molecule has 0 radical (unpaired) electrons. The first kappa shape index (κ1) is 9.49. The van der Waals surface area contributed by atoms with Crippen LogP contribution in [-0.4, -0.2) is 10.9 Å². The Labute approximate surface area is 73.5 Å². The van der Waals surface area contributed by atoms with E-state index in [0.717, 1.165) is 6.42 Å². The van der Waals surface area contributed by atoms with Crippen molar-refractivity contribution >= 4 is 0 Å². The highest BCUT2D eigenvalue weighted by atomic mass is 17.1. The Bertz CT molecular complexity index is 214. The van der Waals surface area contributed by atoms with Gasteiger partial charge in [-0.3, -0.25) is 5.26 Å². The van der Waals surface area contributed by atoms with Gasteiger partial charge in [-0.25, -0.2) is 4.89 Å². The molecule has 2 heteroatoms. The molecule has 0 aromatic carbocycles. The van der Waals surface area contributed by atoms with Crippen molar-refractivity contribution in [2.45, 2.75) is 32.8 Å². The van der Waals surface area contributed by atoms with Crippen LogP contribution in [0.2, 0.25) is 0 Å². The fourth-order valence-corrected chi connectivity index (χ4v) is 1.38. The van der Waals surface area contributed by atoms with Gasteiger partial charge in [-0.2, -0.15) is 0 Å². The number of hydrogen-bond acceptors (Lipinski definition) is 2. The standard InChI is InChI=1S/C10H16O2/c1-8-5-4-6-9(7-8)10(2,3)12-11/h4-6,9,11H,7H2,1-3H3. The lowest BCUT2D eigenvalue weighted by molar-refractivity contribution is -0.322. The molecule has 12 heavy (non-hydrogen) atoms. The SMILES string of the molecule is CC1=CC=CC(C(C)(C)OO)C1. The fourth-order valence-electron chi connectivity index (χ4n) is 1.38. The van der Waals surface area contributed by atoms with E-state index >= 15 is 0 Å². The normalized spacial score (nSPS) is 24.0. The van der Waals surface area contributed by atoms with Crippen molar-refractivity contribution < 1.29 is 10.1 Å². The van der Waals surface area contributed by atoms with Gasteiger partial charge in [0.05, 0.1) is 0 Å². The maximum absolute atomic E-state index is 8.68. The van der Waals surface area contributed by atoms with Gasteiger partial charge in [0.1, 0.15) is 5.60 Å². The van der Waals surface area contributed by atoms with Crippen LogP contribution in [0, 0.1) is 5.92 Å². The van der Waals surface area contributed by atoms with Crippen LogP contribution in [0.1, 0.15) is 27.2 Å². The third-order valence-corrected chi connectivity index (χ3v) is 2.39. The third kappa shape index (κ3) is 1.96. The molecule has 0 amide bonds. The third-order valence-electron chi connectivity index (χ3n) is 2.39. The van der Waals surface area contributed by atoms with Crippen LogP contribution in [0.3, 0.4) is 0 Å². The predicted molar refractivity (Wildman–Crippen MR) is 48.8 cm³/mol. The second-order valence-corrected chi connectivity index (χ2v) is 3.90. The molecule has 68 valence electrons. The van der Waals surface area contributed by atoms with Gasteiger partial charge in [0.25, 0.3) is 0 Å². The molecule has 0 saturated carbocycles. The minimum Gasteiger partial charge on any atom is -0.251 e. The highest BCUT2D eigenvalue weighted by Gasteiger charge is 2.29. The highest BCUT2D eigenvalue weighted by molar-refractivity contribution is 5.20. The highest BCUT2D eigenvalue weighted by Crippen LogP contribution is 2.30. The van der Waals surface area contributed by atoms with Crippen molar-refractivity contribution in [3.05, 3.63) is 23.8 Å². The summed E-state index contributed by atoms with van der Waals surface area (Å²) in [6.07, 6.45) is 7.14. The average molecular weight is 168 g/mol. The summed E-state index contributed by atoms with van der Waals surface area (Å²) in [6.45, 7) is 5.87. The first-order valence-corrected chi connectivity index (χ1v) is 4.23. The Hall–Kier alpha value is -0.600. The largest absolute Gasteiger partial charge is 0.251 e. The summed E-state index contributed by atoms with van der Waals surface area (Å²) in [7, 11) is 0. The topological polar surface area (TPSA) is 29.5 Å². The molecule has 1 aliphatic carbocycles. The molecule has 1 unspecified atom stereocenters. The lowest BCUT2D eigenvalue weighted by Gasteiger charge is -2.30. The number of hydrogen-bond donors (Lipinski definition) is 1. The number of rotatable bonds is 2. The van der Waals surface area contributed by atoms with Crippen molar-refractivity contribution in [3.8, 4) is 0 Å². The summed E-state index contributed by atoms with van der Waals surface area (Å²) < 4.78 is 0. The Kier molecular flexibility index (Phi) is 2.70. The van der Waals surface area contributed by atoms with E-state index in [2.05, 4.69) is 24.0 Å². The van der Waals surface area contributed by atoms with Gasteiger partial charge in [-0.15, -0.1) is 0 Å². The Balaban J connectivity index is 2.68. The van der Waals surface area contributed by atoms with Gasteiger partial charge in [-0.05, 0) is 27.2 Å². The van der Waals surface area contributed by atoms with E-state index in [1.54, 1.807) is 0 Å². The van der Waals surface area contributed by atoms with E-state index in [1.807, 2.05) is 19.9 Å². The van der Waals surface area contributed by atoms with Crippen molar-refractivity contribution in [3.63, 3.8) is 0 Å². The summed E-state index contributed by atoms with van der Waals surface area (Å²) in [5, 5.41) is 8.68. The summed E-state index contributed by atoms with van der Waals surface area (Å²) in [5.74, 6) is 0.271. The van der Waals surface area contributed by atoms with Crippen LogP contribution in [0.25, 0.3) is 0 Å². The van der Waals surface area contributed by atoms with Crippen LogP contribution in [0.5, 0.6) is 0 Å². The Morgan fingerprint density at radius 2 is 2.25 bits per heavy atom. The van der Waals surface area contributed by atoms with Crippen molar-refractivity contribution in [1.29, 1.82) is 0 Å². The monoisotopic (exact) mass is 168 g/mol. The van der Waals surface area contributed by atoms with E-state index < -0.39 is 5.60 Å². The van der Waals surface area contributed by atoms with E-state index in [0.29, 0.717) is 0 Å². The molecule has 1 atom stereocenters. The van der Waals surface area contributed by atoms with Crippen molar-refractivity contribution in [2.24, 2.45) is 5.92 Å². The summed E-state index contributed by atoms with van der Waals surface area (Å²) in [4.78, 5) is 4.45. The zero-order valence-electron chi connectivity index (χ0n) is 7.87. The van der Waals surface area contributed by atoms with E-state index in [9.17, 15) is 0 Å². The summed E-state index contributed by atoms with van der Waals surface area (Å²) in [5.41, 5.74) is 0.846. The van der Waals surface area contributed by atoms with Crippen LogP contribution < -0.4 is 0 Å². The molecule has 1 aliphatic rings. The Morgan fingerprint density at radius 3 is 2.75 bits per heavy atom. The molecule has 1 N–H and O–H groups in total. The predicted octanol–water partition coefficient (Wildman–Crippen LogP) is 2.78. The fraction of sp³-hybridized carbons (Fsp3) is 0.600. The van der Waals surface area contributed by atoms with E-state index in [1.165, 1.54) is 5.57 Å². The Morgan fingerprint density at radius 1 is 1.58 bits per heavy atom. The zero-order valence-corrected chi connectivity index (χ0v) is 7.87. The second-order valence-electron chi connectivity index (χ2n) is 3.90. The molecule has 0 fully saturated rings. The van der Waals surface area contributed by atoms with Crippen LogP contribution in [-0.2, 0) is 4.89 Å². The lowest BCUT2D eigenvalue weighted by atomic mass is 9.83. The molecule has 0 aromatic rings. The maximum atomic E-state index is 8.68. The molecule has 0 heterocycles. The van der Waals surface area contributed by atoms with Crippen LogP contribution >= 0.6 is 0 Å². The quantitative estimate of drug-likeness (QED) is 0.507. The van der Waals surface area contributed by atoms with Gasteiger partial charge in [0.15, 0.2) is 0 Å². The molecule has 1 rings (SSSR count). The summed E-state index contributed by atoms with van der Waals surface area (Å²) in [6, 6.07) is 0. The number of allylic oxidation sites excluding steroid dienone is 3. The van der Waals surface area contributed by atoms with Crippen molar-refractivity contribution in [2.75, 3.05) is 0 Å². The molecule has 0 bridgehead atoms. The van der Waals surface area contributed by atoms with Crippen molar-refractivity contribution in [1.82, 2.24) is 0 Å². The maximum Gasteiger partial charge on any atom is 0.104 e. The van der Waals surface area contributed by atoms with E-state index in [-0.39, 0.29) is 5.92 Å². The molecule has 0 saturated heterocycles. The summed E-state index contributed by atoms with van der Waals surface area (Å²) >= 11 is 0. The molecular formula is C10H16O2. The average Bonchev–Trinajstić information content (AvgIpc) is 2.05. The smallest absolute Gasteiger partial charge is 0.104 e. The minimum atomic E-state index is -0.480. The van der Waals surface area contributed by atoms with Gasteiger partial charge in [0.2, 0.25) is 0 Å². The molecule has 0 aliphatic heterocycles. The van der Waals surface area contributed by atoms with E-state index in [4.69, 9.17) is 5.26 Å². The molecule has 0 spiro atoms. The molecule has 2 nitrogen and oxygen atoms in total. The zero-order chi connectivity index (χ0) is 9.19. The van der Waals surface area contributed by atoms with Gasteiger partial charge >= 0.3 is 0 Å². The lowest BCUT2D eigenvalue weighted by Crippen LogP contribution is -2.33. The van der Waals surface area contributed by atoms with Crippen LogP contribution in [0.4, 0.5) is 0 Å². The van der Waals surface area contributed by atoms with Gasteiger partial charge < -0.3 is 0 Å². The first-order chi connectivity index (χ1) is 5.56. The van der Waals surface area contributed by atoms with Crippen LogP contribution in [0.15, 0.2) is 23.8 Å².